The number of carbonyl (C=O) groups is 2. The maximum absolute atomic E-state index is 12.6. The summed E-state index contributed by atoms with van der Waals surface area (Å²) in [6.07, 6.45) is 97.4. The number of aliphatic hydroxyl groups is 2. The number of allylic oxidation sites excluding steroid dienone is 2. The second-order valence-electron chi connectivity index (χ2n) is 28.1. The van der Waals surface area contributed by atoms with Gasteiger partial charge < -0.3 is 20.3 Å². The van der Waals surface area contributed by atoms with Gasteiger partial charge in [-0.1, -0.05) is 418 Å². The lowest BCUT2D eigenvalue weighted by Crippen LogP contribution is -2.45. The summed E-state index contributed by atoms with van der Waals surface area (Å²) in [7, 11) is 0. The standard InChI is InChI=1S/C81H159NO5/c1-3-5-7-9-11-13-15-17-19-20-21-39-42-46-49-53-57-61-65-69-73-79(84)78(77-83)82-80(85)74-70-66-62-58-54-50-47-43-40-37-35-33-31-29-27-25-23-22-24-26-28-30-32-34-36-38-41-44-48-52-56-60-64-68-72-76-87-81(86)75-71-67-63-59-55-51-45-18-16-14-12-10-8-6-4-2/h18,45,78-79,83-84H,3-17,19-44,46-77H2,1-2H3,(H,82,85)/b45-18-. The van der Waals surface area contributed by atoms with Crippen LogP contribution in [0.1, 0.15) is 470 Å². The van der Waals surface area contributed by atoms with Gasteiger partial charge in [0.25, 0.3) is 0 Å². The first-order valence-corrected chi connectivity index (χ1v) is 40.4. The molecule has 1 amide bonds. The number of hydrogen-bond acceptors (Lipinski definition) is 5. The Morgan fingerprint density at radius 3 is 0.816 bits per heavy atom. The normalized spacial score (nSPS) is 12.5. The Morgan fingerprint density at radius 1 is 0.310 bits per heavy atom. The Balaban J connectivity index is 3.31. The van der Waals surface area contributed by atoms with Gasteiger partial charge >= 0.3 is 5.97 Å². The topological polar surface area (TPSA) is 95.9 Å². The summed E-state index contributed by atoms with van der Waals surface area (Å²) in [5, 5.41) is 23.5. The lowest BCUT2D eigenvalue weighted by Gasteiger charge is -2.22. The number of nitrogens with one attached hydrogen (secondary N) is 1. The van der Waals surface area contributed by atoms with E-state index in [1.165, 1.54) is 392 Å². The maximum Gasteiger partial charge on any atom is 0.305 e. The summed E-state index contributed by atoms with van der Waals surface area (Å²) in [5.41, 5.74) is 0. The third kappa shape index (κ3) is 73.5. The molecule has 0 aromatic rings. The third-order valence-electron chi connectivity index (χ3n) is 19.3. The lowest BCUT2D eigenvalue weighted by atomic mass is 10.0. The molecule has 0 aliphatic carbocycles. The summed E-state index contributed by atoms with van der Waals surface area (Å²) >= 11 is 0. The molecule has 0 aromatic heterocycles. The molecule has 518 valence electrons. The number of amides is 1. The van der Waals surface area contributed by atoms with Crippen LogP contribution in [0.4, 0.5) is 0 Å². The second-order valence-corrected chi connectivity index (χ2v) is 28.1. The first kappa shape index (κ1) is 85.6. The molecular weight excluding hydrogens is 1070 g/mol. The molecule has 0 radical (unpaired) electrons. The summed E-state index contributed by atoms with van der Waals surface area (Å²) in [4.78, 5) is 24.6. The molecule has 2 atom stereocenters. The van der Waals surface area contributed by atoms with E-state index in [1.54, 1.807) is 0 Å². The van der Waals surface area contributed by atoms with Crippen LogP contribution in [0.5, 0.6) is 0 Å². The van der Waals surface area contributed by atoms with E-state index in [1.807, 2.05) is 0 Å². The Bertz CT molecular complexity index is 1320. The minimum Gasteiger partial charge on any atom is -0.466 e. The Morgan fingerprint density at radius 2 is 0.540 bits per heavy atom. The van der Waals surface area contributed by atoms with Gasteiger partial charge in [-0.2, -0.15) is 0 Å². The molecule has 6 nitrogen and oxygen atoms in total. The Labute approximate surface area is 546 Å². The van der Waals surface area contributed by atoms with Crippen molar-refractivity contribution in [3.63, 3.8) is 0 Å². The minimum absolute atomic E-state index is 0.0159. The van der Waals surface area contributed by atoms with Crippen LogP contribution in [0.25, 0.3) is 0 Å². The zero-order valence-electron chi connectivity index (χ0n) is 59.5. The molecule has 0 rings (SSSR count). The van der Waals surface area contributed by atoms with Gasteiger partial charge in [0.2, 0.25) is 5.91 Å². The van der Waals surface area contributed by atoms with Gasteiger partial charge in [0.05, 0.1) is 25.4 Å². The van der Waals surface area contributed by atoms with Gasteiger partial charge in [0, 0.05) is 12.8 Å². The van der Waals surface area contributed by atoms with Gasteiger partial charge in [-0.05, 0) is 51.4 Å². The third-order valence-corrected chi connectivity index (χ3v) is 19.3. The Hall–Kier alpha value is -1.40. The lowest BCUT2D eigenvalue weighted by molar-refractivity contribution is -0.143. The summed E-state index contributed by atoms with van der Waals surface area (Å²) < 4.78 is 5.50. The smallest absolute Gasteiger partial charge is 0.305 e. The van der Waals surface area contributed by atoms with E-state index in [2.05, 4.69) is 31.3 Å². The van der Waals surface area contributed by atoms with Gasteiger partial charge in [0.1, 0.15) is 0 Å². The molecule has 0 spiro atoms. The molecule has 3 N–H and O–H groups in total. The van der Waals surface area contributed by atoms with Crippen molar-refractivity contribution in [2.24, 2.45) is 0 Å². The van der Waals surface area contributed by atoms with Crippen LogP contribution < -0.4 is 5.32 Å². The Kier molecular flexibility index (Phi) is 75.8. The van der Waals surface area contributed by atoms with Crippen LogP contribution in [-0.4, -0.2) is 47.4 Å². The van der Waals surface area contributed by atoms with E-state index in [4.69, 9.17) is 4.74 Å². The number of aliphatic hydroxyl groups excluding tert-OH is 2. The van der Waals surface area contributed by atoms with E-state index < -0.39 is 12.1 Å². The zero-order chi connectivity index (χ0) is 62.8. The highest BCUT2D eigenvalue weighted by Crippen LogP contribution is 2.21. The van der Waals surface area contributed by atoms with Crippen molar-refractivity contribution < 1.29 is 24.5 Å². The molecule has 0 heterocycles. The van der Waals surface area contributed by atoms with Crippen LogP contribution in [-0.2, 0) is 14.3 Å². The maximum atomic E-state index is 12.6. The van der Waals surface area contributed by atoms with Crippen molar-refractivity contribution in [1.82, 2.24) is 5.32 Å². The highest BCUT2D eigenvalue weighted by Gasteiger charge is 2.20. The van der Waals surface area contributed by atoms with Crippen LogP contribution in [0.15, 0.2) is 12.2 Å². The second kappa shape index (κ2) is 77.1. The fraction of sp³-hybridized carbons (Fsp3) is 0.951. The number of hydrogen-bond donors (Lipinski definition) is 3. The number of unbranched alkanes of at least 4 members (excludes halogenated alkanes) is 64. The quantitative estimate of drug-likeness (QED) is 0.0320. The van der Waals surface area contributed by atoms with Crippen LogP contribution in [0, 0.1) is 0 Å². The molecule has 0 aromatic carbocycles. The highest BCUT2D eigenvalue weighted by molar-refractivity contribution is 5.76. The van der Waals surface area contributed by atoms with E-state index in [0.717, 1.165) is 44.9 Å². The average Bonchev–Trinajstić information content (AvgIpc) is 3.52. The van der Waals surface area contributed by atoms with E-state index in [9.17, 15) is 19.8 Å². The van der Waals surface area contributed by atoms with Crippen molar-refractivity contribution in [3.05, 3.63) is 12.2 Å². The fourth-order valence-electron chi connectivity index (χ4n) is 13.2. The summed E-state index contributed by atoms with van der Waals surface area (Å²) in [6, 6.07) is -0.538. The van der Waals surface area contributed by atoms with Gasteiger partial charge in [-0.3, -0.25) is 9.59 Å². The van der Waals surface area contributed by atoms with Crippen LogP contribution in [0.3, 0.4) is 0 Å². The molecule has 6 heteroatoms. The first-order chi connectivity index (χ1) is 43.0. The summed E-state index contributed by atoms with van der Waals surface area (Å²) in [5.74, 6) is -0.00825. The van der Waals surface area contributed by atoms with Crippen molar-refractivity contribution in [2.45, 2.75) is 482 Å². The molecular formula is C81H159NO5. The fourth-order valence-corrected chi connectivity index (χ4v) is 13.2. The van der Waals surface area contributed by atoms with Crippen LogP contribution in [0.2, 0.25) is 0 Å². The van der Waals surface area contributed by atoms with E-state index in [0.29, 0.717) is 25.9 Å². The predicted molar refractivity (Wildman–Crippen MR) is 384 cm³/mol. The van der Waals surface area contributed by atoms with Crippen LogP contribution >= 0.6 is 0 Å². The monoisotopic (exact) mass is 1230 g/mol. The highest BCUT2D eigenvalue weighted by atomic mass is 16.5. The zero-order valence-corrected chi connectivity index (χ0v) is 59.5. The molecule has 0 fully saturated rings. The van der Waals surface area contributed by atoms with E-state index >= 15 is 0 Å². The first-order valence-electron chi connectivity index (χ1n) is 40.4. The molecule has 87 heavy (non-hydrogen) atoms. The average molecular weight is 1230 g/mol. The molecule has 0 saturated carbocycles. The van der Waals surface area contributed by atoms with Gasteiger partial charge in [-0.25, -0.2) is 0 Å². The largest absolute Gasteiger partial charge is 0.466 e. The van der Waals surface area contributed by atoms with Crippen molar-refractivity contribution in [2.75, 3.05) is 13.2 Å². The summed E-state index contributed by atoms with van der Waals surface area (Å²) in [6.45, 7) is 5.00. The predicted octanol–water partition coefficient (Wildman–Crippen LogP) is 26.7. The van der Waals surface area contributed by atoms with Crippen molar-refractivity contribution >= 4 is 11.9 Å². The number of carbonyl (C=O) groups excluding carboxylic acids is 2. The SMILES string of the molecule is CCCCCCCC/C=C\CCCCCCCC(=O)OCCCCCCCCCCCCCCCCCCCCCCCCCCCCCCCCCCCCCC(=O)NC(CO)C(O)CCCCCCCCCCCCCCCCCCCCCC. The minimum atomic E-state index is -0.661. The van der Waals surface area contributed by atoms with Crippen molar-refractivity contribution in [3.8, 4) is 0 Å². The van der Waals surface area contributed by atoms with Gasteiger partial charge in [0.15, 0.2) is 0 Å². The molecule has 0 bridgehead atoms. The number of rotatable bonds is 77. The van der Waals surface area contributed by atoms with Crippen molar-refractivity contribution in [1.29, 1.82) is 0 Å². The van der Waals surface area contributed by atoms with E-state index in [-0.39, 0.29) is 18.5 Å². The molecule has 0 saturated heterocycles. The molecule has 0 aliphatic heterocycles. The van der Waals surface area contributed by atoms with Gasteiger partial charge in [-0.15, -0.1) is 0 Å². The molecule has 2 unspecified atom stereocenters. The molecule has 0 aliphatic rings. The number of esters is 1. The number of ether oxygens (including phenoxy) is 1.